The van der Waals surface area contributed by atoms with E-state index in [1.54, 1.807) is 0 Å². The van der Waals surface area contributed by atoms with Gasteiger partial charge in [-0.1, -0.05) is 0 Å². The van der Waals surface area contributed by atoms with Crippen LogP contribution in [0.4, 0.5) is 0 Å². The van der Waals surface area contributed by atoms with Crippen molar-refractivity contribution in [3.8, 4) is 0 Å². The van der Waals surface area contributed by atoms with Gasteiger partial charge < -0.3 is 10.1 Å². The van der Waals surface area contributed by atoms with Crippen molar-refractivity contribution in [3.63, 3.8) is 0 Å². The maximum absolute atomic E-state index is 11.3. The summed E-state index contributed by atoms with van der Waals surface area (Å²) in [7, 11) is 0. The summed E-state index contributed by atoms with van der Waals surface area (Å²) < 4.78 is 5.21. The van der Waals surface area contributed by atoms with Crippen molar-refractivity contribution in [2.24, 2.45) is 17.3 Å². The zero-order valence-corrected chi connectivity index (χ0v) is 11.0. The minimum absolute atomic E-state index is 0.0251. The predicted octanol–water partition coefficient (Wildman–Crippen LogP) is 1.63. The Balaban J connectivity index is 1.57. The Morgan fingerprint density at radius 1 is 1.47 bits per heavy atom. The Bertz CT molecular complexity index is 323. The molecule has 3 nitrogen and oxygen atoms in total. The molecule has 1 aliphatic heterocycles. The number of nitrogens with one attached hydrogen (secondary N) is 1. The van der Waals surface area contributed by atoms with Gasteiger partial charge in [0.05, 0.1) is 13.0 Å². The fraction of sp³-hybridized carbons (Fsp3) is 0.923. The van der Waals surface area contributed by atoms with E-state index in [-0.39, 0.29) is 11.4 Å². The van der Waals surface area contributed by atoms with E-state index in [2.05, 4.69) is 17.9 Å². The Hall–Kier alpha value is -0.220. The number of cyclic esters (lactones) is 1. The molecular formula is C13H21NO2S. The van der Waals surface area contributed by atoms with Crippen LogP contribution in [0.5, 0.6) is 0 Å². The first-order valence-corrected chi connectivity index (χ1v) is 7.37. The van der Waals surface area contributed by atoms with Crippen LogP contribution in [0.25, 0.3) is 0 Å². The first-order valence-electron chi connectivity index (χ1n) is 6.73. The van der Waals surface area contributed by atoms with E-state index < -0.39 is 0 Å². The van der Waals surface area contributed by atoms with Crippen LogP contribution in [0.15, 0.2) is 0 Å². The normalized spacial score (nSPS) is 43.6. The van der Waals surface area contributed by atoms with Gasteiger partial charge in [-0.05, 0) is 49.8 Å². The number of thiol groups is 1. The molecule has 1 N–H and O–H groups in total. The van der Waals surface area contributed by atoms with E-state index in [0.717, 1.165) is 24.6 Å². The highest BCUT2D eigenvalue weighted by Crippen LogP contribution is 2.59. The van der Waals surface area contributed by atoms with E-state index in [4.69, 9.17) is 4.74 Å². The number of ether oxygens (including phenoxy) is 1. The van der Waals surface area contributed by atoms with Gasteiger partial charge in [-0.15, -0.1) is 0 Å². The molecule has 0 radical (unpaired) electrons. The number of rotatable bonds is 4. The second-order valence-electron chi connectivity index (χ2n) is 5.97. The molecule has 0 aromatic heterocycles. The number of hydrogen-bond acceptors (Lipinski definition) is 4. The zero-order chi connectivity index (χ0) is 11.9. The van der Waals surface area contributed by atoms with Gasteiger partial charge in [0.2, 0.25) is 0 Å². The molecule has 0 amide bonds. The van der Waals surface area contributed by atoms with Crippen molar-refractivity contribution in [2.75, 3.05) is 18.9 Å². The van der Waals surface area contributed by atoms with Gasteiger partial charge in [-0.2, -0.15) is 12.6 Å². The van der Waals surface area contributed by atoms with Gasteiger partial charge >= 0.3 is 5.97 Å². The van der Waals surface area contributed by atoms with Gasteiger partial charge in [0.1, 0.15) is 0 Å². The maximum atomic E-state index is 11.3. The predicted molar refractivity (Wildman–Crippen MR) is 69.1 cm³/mol. The molecule has 3 rings (SSSR count). The average Bonchev–Trinajstić information content (AvgIpc) is 2.95. The number of esters is 1. The van der Waals surface area contributed by atoms with E-state index in [0.29, 0.717) is 25.0 Å². The lowest BCUT2D eigenvalue weighted by molar-refractivity contribution is -0.137. The molecule has 96 valence electrons. The van der Waals surface area contributed by atoms with Crippen LogP contribution in [-0.4, -0.2) is 30.9 Å². The first-order chi connectivity index (χ1) is 8.23. The minimum Gasteiger partial charge on any atom is -0.465 e. The second-order valence-corrected chi connectivity index (χ2v) is 6.42. The zero-order valence-electron chi connectivity index (χ0n) is 10.2. The second kappa shape index (κ2) is 4.47. The standard InChI is InChI=1S/C13H21NO2S/c15-12-7-13(8-16-12)6-9-4-10(13)5-11(9)14-2-1-3-17/h9-11,14,17H,1-8H2. The van der Waals surface area contributed by atoms with Crippen molar-refractivity contribution in [3.05, 3.63) is 0 Å². The Morgan fingerprint density at radius 2 is 2.35 bits per heavy atom. The van der Waals surface area contributed by atoms with E-state index in [9.17, 15) is 4.79 Å². The number of carbonyl (C=O) groups excluding carboxylic acids is 1. The van der Waals surface area contributed by atoms with Gasteiger partial charge in [0, 0.05) is 11.5 Å². The monoisotopic (exact) mass is 255 g/mol. The van der Waals surface area contributed by atoms with Crippen LogP contribution >= 0.6 is 12.6 Å². The summed E-state index contributed by atoms with van der Waals surface area (Å²) in [6.07, 6.45) is 5.56. The van der Waals surface area contributed by atoms with Crippen LogP contribution in [-0.2, 0) is 9.53 Å². The van der Waals surface area contributed by atoms with Crippen LogP contribution < -0.4 is 5.32 Å². The fourth-order valence-electron chi connectivity index (χ4n) is 4.16. The molecule has 2 aliphatic carbocycles. The molecule has 0 aromatic carbocycles. The Morgan fingerprint density at radius 3 is 2.94 bits per heavy atom. The molecule has 1 heterocycles. The molecule has 1 saturated heterocycles. The number of carbonyl (C=O) groups is 1. The molecule has 4 atom stereocenters. The van der Waals surface area contributed by atoms with Crippen molar-refractivity contribution in [1.82, 2.24) is 5.32 Å². The summed E-state index contributed by atoms with van der Waals surface area (Å²) in [4.78, 5) is 11.3. The van der Waals surface area contributed by atoms with Gasteiger partial charge in [-0.25, -0.2) is 0 Å². The van der Waals surface area contributed by atoms with Crippen LogP contribution in [0, 0.1) is 17.3 Å². The molecule has 3 fully saturated rings. The van der Waals surface area contributed by atoms with E-state index in [1.165, 1.54) is 19.3 Å². The van der Waals surface area contributed by atoms with Gasteiger partial charge in [-0.3, -0.25) is 4.79 Å². The minimum atomic E-state index is 0.0251. The van der Waals surface area contributed by atoms with Crippen molar-refractivity contribution in [2.45, 2.75) is 38.1 Å². The average molecular weight is 255 g/mol. The summed E-state index contributed by atoms with van der Waals surface area (Å²) in [6.45, 7) is 1.77. The third-order valence-corrected chi connectivity index (χ3v) is 5.30. The highest BCUT2D eigenvalue weighted by Gasteiger charge is 2.58. The summed E-state index contributed by atoms with van der Waals surface area (Å²) in [5.74, 6) is 2.47. The molecule has 3 aliphatic rings. The van der Waals surface area contributed by atoms with Gasteiger partial charge in [0.15, 0.2) is 0 Å². The highest BCUT2D eigenvalue weighted by molar-refractivity contribution is 7.80. The molecule has 2 bridgehead atoms. The lowest BCUT2D eigenvalue weighted by Crippen LogP contribution is -2.40. The number of hydrogen-bond donors (Lipinski definition) is 2. The summed E-state index contributed by atoms with van der Waals surface area (Å²) in [5.41, 5.74) is 0.226. The van der Waals surface area contributed by atoms with Crippen molar-refractivity contribution in [1.29, 1.82) is 0 Å². The Labute approximate surface area is 108 Å². The topological polar surface area (TPSA) is 38.3 Å². The summed E-state index contributed by atoms with van der Waals surface area (Å²) in [6, 6.07) is 0.682. The van der Waals surface area contributed by atoms with Crippen LogP contribution in [0.1, 0.15) is 32.1 Å². The first kappa shape index (κ1) is 11.8. The molecule has 4 unspecified atom stereocenters. The molecule has 17 heavy (non-hydrogen) atoms. The van der Waals surface area contributed by atoms with Crippen LogP contribution in [0.2, 0.25) is 0 Å². The third-order valence-electron chi connectivity index (χ3n) is 4.99. The largest absolute Gasteiger partial charge is 0.465 e. The van der Waals surface area contributed by atoms with Crippen LogP contribution in [0.3, 0.4) is 0 Å². The lowest BCUT2D eigenvalue weighted by Gasteiger charge is -2.35. The highest BCUT2D eigenvalue weighted by atomic mass is 32.1. The molecular weight excluding hydrogens is 234 g/mol. The maximum Gasteiger partial charge on any atom is 0.306 e. The van der Waals surface area contributed by atoms with Gasteiger partial charge in [0.25, 0.3) is 0 Å². The quantitative estimate of drug-likeness (QED) is 0.455. The summed E-state index contributed by atoms with van der Waals surface area (Å²) >= 11 is 4.23. The summed E-state index contributed by atoms with van der Waals surface area (Å²) in [5, 5.41) is 3.66. The SMILES string of the molecule is O=C1CC2(CO1)CC1CC2CC1NCCCS. The molecule has 4 heteroatoms. The van der Waals surface area contributed by atoms with Crippen molar-refractivity contribution >= 4 is 18.6 Å². The molecule has 0 aromatic rings. The molecule has 2 saturated carbocycles. The van der Waals surface area contributed by atoms with E-state index in [1.807, 2.05) is 0 Å². The van der Waals surface area contributed by atoms with E-state index >= 15 is 0 Å². The fourth-order valence-corrected chi connectivity index (χ4v) is 4.32. The lowest BCUT2D eigenvalue weighted by atomic mass is 9.71. The Kier molecular flexibility index (Phi) is 3.11. The molecule has 1 spiro atoms. The number of fused-ring (bicyclic) bond motifs is 3. The van der Waals surface area contributed by atoms with Crippen molar-refractivity contribution < 1.29 is 9.53 Å². The third kappa shape index (κ3) is 1.99. The smallest absolute Gasteiger partial charge is 0.306 e.